The molecule has 0 saturated heterocycles. The van der Waals surface area contributed by atoms with Gasteiger partial charge in [0.05, 0.1) is 40.5 Å². The summed E-state index contributed by atoms with van der Waals surface area (Å²) in [7, 11) is 1.41. The number of methoxy groups -OCH3 is 1. The van der Waals surface area contributed by atoms with Gasteiger partial charge in [-0.2, -0.15) is 0 Å². The van der Waals surface area contributed by atoms with E-state index in [1.165, 1.54) is 36.8 Å². The Hall–Kier alpha value is -4.58. The molecule has 0 aliphatic carbocycles. The number of hydrogen-bond acceptors (Lipinski definition) is 10. The highest BCUT2D eigenvalue weighted by Crippen LogP contribution is 2.36. The molecule has 3 aromatic rings. The van der Waals surface area contributed by atoms with Gasteiger partial charge in [-0.15, -0.1) is 0 Å². The number of fused-ring (bicyclic) bond motifs is 1. The molecule has 1 aliphatic heterocycles. The van der Waals surface area contributed by atoms with Gasteiger partial charge in [0.15, 0.2) is 16.3 Å². The van der Waals surface area contributed by atoms with Crippen molar-refractivity contribution < 1.29 is 28.7 Å². The number of carbonyl (C=O) groups excluding carboxylic acids is 2. The van der Waals surface area contributed by atoms with Crippen molar-refractivity contribution >= 4 is 35.0 Å². The van der Waals surface area contributed by atoms with Crippen molar-refractivity contribution in [1.29, 1.82) is 0 Å². The van der Waals surface area contributed by atoms with Crippen molar-refractivity contribution in [1.82, 2.24) is 4.57 Å². The molecule has 12 heteroatoms. The number of non-ortho nitro benzene ring substituents is 1. The Kier molecular flexibility index (Phi) is 7.53. The van der Waals surface area contributed by atoms with Gasteiger partial charge in [-0.1, -0.05) is 17.4 Å². The first-order chi connectivity index (χ1) is 18.1. The van der Waals surface area contributed by atoms with Crippen LogP contribution in [0.2, 0.25) is 0 Å². The number of nitrogens with zero attached hydrogens (tertiary/aromatic N) is 3. The van der Waals surface area contributed by atoms with Crippen molar-refractivity contribution in [2.75, 3.05) is 13.7 Å². The number of thiazole rings is 1. The molecule has 1 aromatic heterocycles. The van der Waals surface area contributed by atoms with Gasteiger partial charge in [0, 0.05) is 19.1 Å². The van der Waals surface area contributed by atoms with Crippen LogP contribution < -0.4 is 24.4 Å². The molecule has 2 aromatic carbocycles. The summed E-state index contributed by atoms with van der Waals surface area (Å²) >= 11 is 1.13. The Bertz CT molecular complexity index is 1650. The van der Waals surface area contributed by atoms with Crippen molar-refractivity contribution in [2.45, 2.75) is 26.8 Å². The molecule has 2 heterocycles. The van der Waals surface area contributed by atoms with Gasteiger partial charge >= 0.3 is 11.9 Å². The SMILES string of the molecule is CCOC(=O)C1=C(C)N=c2s/c(=C\c3ccc([N+](=O)[O-])cc3)c(=O)n2C1c1ccc(OC(C)=O)c(OC)c1. The van der Waals surface area contributed by atoms with Crippen molar-refractivity contribution in [2.24, 2.45) is 4.99 Å². The van der Waals surface area contributed by atoms with Crippen LogP contribution in [0.4, 0.5) is 5.69 Å². The van der Waals surface area contributed by atoms with E-state index < -0.39 is 28.5 Å². The van der Waals surface area contributed by atoms with E-state index in [0.717, 1.165) is 11.3 Å². The Morgan fingerprint density at radius 1 is 1.18 bits per heavy atom. The molecule has 0 saturated carbocycles. The maximum atomic E-state index is 13.7. The van der Waals surface area contributed by atoms with Crippen LogP contribution in [0, 0.1) is 10.1 Å². The summed E-state index contributed by atoms with van der Waals surface area (Å²) in [5.74, 6) is -0.721. The number of benzene rings is 2. The highest BCUT2D eigenvalue weighted by Gasteiger charge is 2.34. The smallest absolute Gasteiger partial charge is 0.338 e. The second-order valence-electron chi connectivity index (χ2n) is 8.15. The largest absolute Gasteiger partial charge is 0.493 e. The van der Waals surface area contributed by atoms with Crippen LogP contribution in [0.15, 0.2) is 63.5 Å². The van der Waals surface area contributed by atoms with E-state index in [9.17, 15) is 24.5 Å². The molecular formula is C26H23N3O8S. The molecule has 11 nitrogen and oxygen atoms in total. The number of aromatic nitrogens is 1. The van der Waals surface area contributed by atoms with Crippen molar-refractivity contribution in [3.05, 3.63) is 94.7 Å². The molecule has 1 atom stereocenters. The van der Waals surface area contributed by atoms with Gasteiger partial charge in [0.2, 0.25) is 0 Å². The lowest BCUT2D eigenvalue weighted by atomic mass is 9.95. The first-order valence-corrected chi connectivity index (χ1v) is 12.3. The Balaban J connectivity index is 1.92. The molecule has 0 spiro atoms. The zero-order valence-electron chi connectivity index (χ0n) is 20.9. The van der Waals surface area contributed by atoms with Crippen LogP contribution in [0.3, 0.4) is 0 Å². The van der Waals surface area contributed by atoms with Gasteiger partial charge in [0.1, 0.15) is 0 Å². The minimum absolute atomic E-state index is 0.0653. The van der Waals surface area contributed by atoms with E-state index in [0.29, 0.717) is 26.2 Å². The molecular weight excluding hydrogens is 514 g/mol. The van der Waals surface area contributed by atoms with Gasteiger partial charge in [-0.25, -0.2) is 9.79 Å². The predicted octanol–water partition coefficient (Wildman–Crippen LogP) is 2.64. The van der Waals surface area contributed by atoms with E-state index in [1.807, 2.05) is 0 Å². The third kappa shape index (κ3) is 5.11. The summed E-state index contributed by atoms with van der Waals surface area (Å²) in [6.07, 6.45) is 1.61. The second kappa shape index (κ2) is 10.8. The normalized spacial score (nSPS) is 14.9. The predicted molar refractivity (Wildman–Crippen MR) is 138 cm³/mol. The quantitative estimate of drug-likeness (QED) is 0.194. The van der Waals surface area contributed by atoms with E-state index in [-0.39, 0.29) is 29.4 Å². The summed E-state index contributed by atoms with van der Waals surface area (Å²) in [6.45, 7) is 4.74. The topological polar surface area (TPSA) is 139 Å². The number of allylic oxidation sites excluding steroid dienone is 1. The van der Waals surface area contributed by atoms with E-state index in [4.69, 9.17) is 14.2 Å². The van der Waals surface area contributed by atoms with E-state index in [1.54, 1.807) is 44.2 Å². The van der Waals surface area contributed by atoms with Gasteiger partial charge in [0.25, 0.3) is 11.2 Å². The standard InChI is InChI=1S/C26H23N3O8S/c1-5-36-25(32)22-14(2)27-26-28(23(22)17-8-11-19(37-15(3)30)20(13-17)35-4)24(31)21(38-26)12-16-6-9-18(10-7-16)29(33)34/h6-13,23H,5H2,1-4H3/b21-12-. The van der Waals surface area contributed by atoms with E-state index >= 15 is 0 Å². The number of hydrogen-bond donors (Lipinski definition) is 0. The number of carbonyl (C=O) groups is 2. The van der Waals surface area contributed by atoms with Crippen molar-refractivity contribution in [3.8, 4) is 11.5 Å². The maximum Gasteiger partial charge on any atom is 0.338 e. The minimum atomic E-state index is -0.899. The highest BCUT2D eigenvalue weighted by molar-refractivity contribution is 7.07. The fourth-order valence-corrected chi connectivity index (χ4v) is 5.09. The molecule has 0 fully saturated rings. The number of ether oxygens (including phenoxy) is 3. The summed E-state index contributed by atoms with van der Waals surface area (Å²) in [6, 6.07) is 9.65. The van der Waals surface area contributed by atoms with Gasteiger partial charge in [-0.05, 0) is 55.3 Å². The van der Waals surface area contributed by atoms with Crippen LogP contribution in [-0.4, -0.2) is 35.1 Å². The fraction of sp³-hybridized carbons (Fsp3) is 0.231. The molecule has 0 N–H and O–H groups in total. The molecule has 4 rings (SSSR count). The monoisotopic (exact) mass is 537 g/mol. The summed E-state index contributed by atoms with van der Waals surface area (Å²) in [5, 5.41) is 11.0. The zero-order valence-corrected chi connectivity index (χ0v) is 21.7. The third-order valence-corrected chi connectivity index (χ3v) is 6.66. The number of rotatable bonds is 7. The highest BCUT2D eigenvalue weighted by atomic mass is 32.1. The lowest BCUT2D eigenvalue weighted by Crippen LogP contribution is -2.40. The number of nitro groups is 1. The molecule has 1 aliphatic rings. The van der Waals surface area contributed by atoms with Crippen LogP contribution in [-0.2, 0) is 14.3 Å². The average molecular weight is 538 g/mol. The summed E-state index contributed by atoms with van der Waals surface area (Å²) in [4.78, 5) is 53.6. The zero-order chi connectivity index (χ0) is 27.6. The van der Waals surface area contributed by atoms with Gasteiger partial charge < -0.3 is 14.2 Å². The Morgan fingerprint density at radius 3 is 2.50 bits per heavy atom. The molecule has 0 bridgehead atoms. The molecule has 0 radical (unpaired) electrons. The first-order valence-electron chi connectivity index (χ1n) is 11.4. The lowest BCUT2D eigenvalue weighted by molar-refractivity contribution is -0.384. The van der Waals surface area contributed by atoms with Crippen LogP contribution in [0.1, 0.15) is 37.9 Å². The van der Waals surface area contributed by atoms with Gasteiger partial charge in [-0.3, -0.25) is 24.3 Å². The minimum Gasteiger partial charge on any atom is -0.493 e. The first kappa shape index (κ1) is 26.5. The Morgan fingerprint density at radius 2 is 1.89 bits per heavy atom. The maximum absolute atomic E-state index is 13.7. The molecule has 0 amide bonds. The molecule has 38 heavy (non-hydrogen) atoms. The molecule has 196 valence electrons. The lowest BCUT2D eigenvalue weighted by Gasteiger charge is -2.25. The summed E-state index contributed by atoms with van der Waals surface area (Å²) < 4.78 is 17.6. The fourth-order valence-electron chi connectivity index (χ4n) is 4.04. The number of esters is 2. The summed E-state index contributed by atoms with van der Waals surface area (Å²) in [5.41, 5.74) is 1.20. The van der Waals surface area contributed by atoms with Crippen LogP contribution in [0.25, 0.3) is 6.08 Å². The van der Waals surface area contributed by atoms with Crippen molar-refractivity contribution in [3.63, 3.8) is 0 Å². The third-order valence-electron chi connectivity index (χ3n) is 5.68. The van der Waals surface area contributed by atoms with Crippen LogP contribution in [0.5, 0.6) is 11.5 Å². The average Bonchev–Trinajstić information content (AvgIpc) is 3.17. The van der Waals surface area contributed by atoms with E-state index in [2.05, 4.69) is 4.99 Å². The number of nitro benzene ring substituents is 1. The van der Waals surface area contributed by atoms with Crippen LogP contribution >= 0.6 is 11.3 Å². The second-order valence-corrected chi connectivity index (χ2v) is 9.16. The molecule has 1 unspecified atom stereocenters. The Labute approximate surface area is 220 Å².